The molecule has 0 radical (unpaired) electrons. The Kier molecular flexibility index (Phi) is 4.15. The molecule has 1 unspecified atom stereocenters. The molecule has 0 spiro atoms. The molecule has 1 atom stereocenters. The lowest BCUT2D eigenvalue weighted by atomic mass is 9.96. The second kappa shape index (κ2) is 5.88. The molecule has 1 aliphatic rings. The van der Waals surface area contributed by atoms with Crippen molar-refractivity contribution < 1.29 is 9.84 Å². The monoisotopic (exact) mass is 396 g/mol. The van der Waals surface area contributed by atoms with Crippen LogP contribution in [0.5, 0.6) is 5.75 Å². The highest BCUT2D eigenvalue weighted by atomic mass is 79.9. The first-order valence-corrected chi connectivity index (χ1v) is 8.13. The summed E-state index contributed by atoms with van der Waals surface area (Å²) in [6.45, 7) is 0.719. The van der Waals surface area contributed by atoms with Gasteiger partial charge in [0.25, 0.3) is 0 Å². The summed E-state index contributed by atoms with van der Waals surface area (Å²) in [5.41, 5.74) is 2.85. The molecule has 20 heavy (non-hydrogen) atoms. The predicted octanol–water partition coefficient (Wildman–Crippen LogP) is 4.62. The number of ether oxygens (including phenoxy) is 1. The Bertz CT molecular complexity index is 640. The third-order valence-corrected chi connectivity index (χ3v) is 4.73. The van der Waals surface area contributed by atoms with E-state index in [1.165, 1.54) is 5.56 Å². The zero-order chi connectivity index (χ0) is 14.1. The van der Waals surface area contributed by atoms with Crippen LogP contribution >= 0.6 is 31.9 Å². The molecule has 3 rings (SSSR count). The lowest BCUT2D eigenvalue weighted by Crippen LogP contribution is -2.12. The molecule has 0 aromatic heterocycles. The summed E-state index contributed by atoms with van der Waals surface area (Å²) >= 11 is 6.95. The Labute approximate surface area is 135 Å². The van der Waals surface area contributed by atoms with E-state index >= 15 is 0 Å². The fourth-order valence-electron chi connectivity index (χ4n) is 2.52. The smallest absolute Gasteiger partial charge is 0.128 e. The Morgan fingerprint density at radius 2 is 1.95 bits per heavy atom. The van der Waals surface area contributed by atoms with E-state index in [9.17, 15) is 5.11 Å². The maximum absolute atomic E-state index is 10.7. The highest BCUT2D eigenvalue weighted by Crippen LogP contribution is 2.38. The van der Waals surface area contributed by atoms with Gasteiger partial charge in [0.05, 0.1) is 6.61 Å². The molecule has 2 nitrogen and oxygen atoms in total. The van der Waals surface area contributed by atoms with Crippen molar-refractivity contribution in [1.82, 2.24) is 0 Å². The Hall–Kier alpha value is -0.840. The van der Waals surface area contributed by atoms with Crippen LogP contribution in [0.15, 0.2) is 45.3 Å². The van der Waals surface area contributed by atoms with Gasteiger partial charge in [-0.1, -0.05) is 50.1 Å². The van der Waals surface area contributed by atoms with E-state index in [1.54, 1.807) is 0 Å². The number of rotatable bonds is 2. The molecular formula is C16H14Br2O2. The fraction of sp³-hybridized carbons (Fsp3) is 0.250. The van der Waals surface area contributed by atoms with Crippen molar-refractivity contribution in [2.45, 2.75) is 18.9 Å². The first-order valence-electron chi connectivity index (χ1n) is 6.54. The summed E-state index contributed by atoms with van der Waals surface area (Å²) in [5.74, 6) is 0.845. The summed E-state index contributed by atoms with van der Waals surface area (Å²) in [6.07, 6.45) is 1.35. The summed E-state index contributed by atoms with van der Waals surface area (Å²) in [4.78, 5) is 0. The molecule has 0 bridgehead atoms. The first kappa shape index (κ1) is 14.1. The van der Waals surface area contributed by atoms with Gasteiger partial charge in [0.15, 0.2) is 0 Å². The van der Waals surface area contributed by atoms with Gasteiger partial charge in [-0.05, 0) is 36.6 Å². The molecule has 2 aromatic rings. The summed E-state index contributed by atoms with van der Waals surface area (Å²) in [7, 11) is 0. The van der Waals surface area contributed by atoms with Gasteiger partial charge in [0.1, 0.15) is 11.9 Å². The molecule has 0 fully saturated rings. The lowest BCUT2D eigenvalue weighted by molar-refractivity contribution is 0.206. The van der Waals surface area contributed by atoms with Crippen LogP contribution in [0, 0.1) is 0 Å². The first-order chi connectivity index (χ1) is 9.66. The number of aliphatic hydroxyl groups is 1. The third-order valence-electron chi connectivity index (χ3n) is 3.51. The van der Waals surface area contributed by atoms with E-state index in [1.807, 2.05) is 30.3 Å². The van der Waals surface area contributed by atoms with Gasteiger partial charge < -0.3 is 9.84 Å². The number of hydrogen-bond donors (Lipinski definition) is 1. The van der Waals surface area contributed by atoms with Crippen molar-refractivity contribution in [2.24, 2.45) is 0 Å². The molecule has 4 heteroatoms. The molecule has 0 saturated heterocycles. The molecule has 0 aliphatic carbocycles. The lowest BCUT2D eigenvalue weighted by Gasteiger charge is -2.23. The van der Waals surface area contributed by atoms with Crippen LogP contribution in [-0.2, 0) is 6.42 Å². The van der Waals surface area contributed by atoms with Gasteiger partial charge in [-0.2, -0.15) is 0 Å². The van der Waals surface area contributed by atoms with Crippen LogP contribution in [0.1, 0.15) is 29.2 Å². The zero-order valence-electron chi connectivity index (χ0n) is 10.8. The SMILES string of the molecule is OC(c1cc(Br)ccc1Br)c1cccc2c1OCCC2. The van der Waals surface area contributed by atoms with Gasteiger partial charge in [0, 0.05) is 20.1 Å². The zero-order valence-corrected chi connectivity index (χ0v) is 13.9. The molecule has 104 valence electrons. The third kappa shape index (κ3) is 2.65. The van der Waals surface area contributed by atoms with Gasteiger partial charge in [-0.3, -0.25) is 0 Å². The van der Waals surface area contributed by atoms with E-state index in [4.69, 9.17) is 4.74 Å². The van der Waals surface area contributed by atoms with E-state index in [0.29, 0.717) is 0 Å². The molecule has 1 aliphatic heterocycles. The van der Waals surface area contributed by atoms with Crippen molar-refractivity contribution in [2.75, 3.05) is 6.61 Å². The number of hydrogen-bond acceptors (Lipinski definition) is 2. The second-order valence-electron chi connectivity index (χ2n) is 4.86. The number of aliphatic hydroxyl groups excluding tert-OH is 1. The predicted molar refractivity (Wildman–Crippen MR) is 86.2 cm³/mol. The van der Waals surface area contributed by atoms with E-state index in [2.05, 4.69) is 37.9 Å². The van der Waals surface area contributed by atoms with Crippen molar-refractivity contribution in [3.63, 3.8) is 0 Å². The van der Waals surface area contributed by atoms with Gasteiger partial charge in [-0.25, -0.2) is 0 Å². The van der Waals surface area contributed by atoms with Crippen molar-refractivity contribution >= 4 is 31.9 Å². The molecule has 1 heterocycles. The maximum Gasteiger partial charge on any atom is 0.128 e. The van der Waals surface area contributed by atoms with Crippen molar-refractivity contribution in [1.29, 1.82) is 0 Å². The molecule has 0 amide bonds. The molecule has 0 saturated carbocycles. The van der Waals surface area contributed by atoms with Gasteiger partial charge >= 0.3 is 0 Å². The van der Waals surface area contributed by atoms with Crippen LogP contribution in [0.4, 0.5) is 0 Å². The maximum atomic E-state index is 10.7. The van der Waals surface area contributed by atoms with Crippen LogP contribution in [0.3, 0.4) is 0 Å². The average molecular weight is 398 g/mol. The number of fused-ring (bicyclic) bond motifs is 1. The average Bonchev–Trinajstić information content (AvgIpc) is 2.48. The Balaban J connectivity index is 2.06. The van der Waals surface area contributed by atoms with E-state index in [-0.39, 0.29) is 0 Å². The van der Waals surface area contributed by atoms with Crippen molar-refractivity contribution in [3.8, 4) is 5.75 Å². The summed E-state index contributed by atoms with van der Waals surface area (Å²) in [6, 6.07) is 11.8. The minimum atomic E-state index is -0.699. The van der Waals surface area contributed by atoms with Crippen LogP contribution in [-0.4, -0.2) is 11.7 Å². The topological polar surface area (TPSA) is 29.5 Å². The quantitative estimate of drug-likeness (QED) is 0.801. The van der Waals surface area contributed by atoms with E-state index in [0.717, 1.165) is 45.3 Å². The molecule has 1 N–H and O–H groups in total. The highest BCUT2D eigenvalue weighted by molar-refractivity contribution is 9.11. The Morgan fingerprint density at radius 1 is 1.10 bits per heavy atom. The molecular weight excluding hydrogens is 384 g/mol. The summed E-state index contributed by atoms with van der Waals surface area (Å²) < 4.78 is 7.62. The van der Waals surface area contributed by atoms with Crippen LogP contribution in [0.2, 0.25) is 0 Å². The number of benzene rings is 2. The number of para-hydroxylation sites is 1. The standard InChI is InChI=1S/C16H14Br2O2/c17-11-6-7-14(18)13(9-11)15(19)12-5-1-3-10-4-2-8-20-16(10)12/h1,3,5-7,9,15,19H,2,4,8H2. The number of aryl methyl sites for hydroxylation is 1. The molecule has 2 aromatic carbocycles. The van der Waals surface area contributed by atoms with E-state index < -0.39 is 6.10 Å². The van der Waals surface area contributed by atoms with Gasteiger partial charge in [0.2, 0.25) is 0 Å². The van der Waals surface area contributed by atoms with Crippen LogP contribution in [0.25, 0.3) is 0 Å². The largest absolute Gasteiger partial charge is 0.493 e. The second-order valence-corrected chi connectivity index (χ2v) is 6.63. The Morgan fingerprint density at radius 3 is 2.80 bits per heavy atom. The minimum absolute atomic E-state index is 0.699. The fourth-order valence-corrected chi connectivity index (χ4v) is 3.36. The normalized spacial score (nSPS) is 15.3. The van der Waals surface area contributed by atoms with Gasteiger partial charge in [-0.15, -0.1) is 0 Å². The van der Waals surface area contributed by atoms with Crippen LogP contribution < -0.4 is 4.74 Å². The minimum Gasteiger partial charge on any atom is -0.493 e. The number of halogens is 2. The highest BCUT2D eigenvalue weighted by Gasteiger charge is 2.22. The summed E-state index contributed by atoms with van der Waals surface area (Å²) in [5, 5.41) is 10.7. The van der Waals surface area contributed by atoms with Crippen molar-refractivity contribution in [3.05, 3.63) is 62.0 Å².